The standard InChI is InChI=1S/C14H23N3/c1-16-13-5-3-11(4-6-13)14(15)12-7-9-17(2)10-8-12/h3-6,12,14,16H,7-10,15H2,1-2H3. The van der Waals surface area contributed by atoms with E-state index < -0.39 is 0 Å². The summed E-state index contributed by atoms with van der Waals surface area (Å²) >= 11 is 0. The van der Waals surface area contributed by atoms with Gasteiger partial charge in [-0.05, 0) is 56.6 Å². The number of nitrogens with two attached hydrogens (primary N) is 1. The monoisotopic (exact) mass is 233 g/mol. The minimum absolute atomic E-state index is 0.189. The number of anilines is 1. The third kappa shape index (κ3) is 2.99. The molecule has 0 aliphatic carbocycles. The molecule has 1 unspecified atom stereocenters. The number of piperidine rings is 1. The van der Waals surface area contributed by atoms with Crippen molar-refractivity contribution in [2.45, 2.75) is 18.9 Å². The second-order valence-electron chi connectivity index (χ2n) is 5.04. The van der Waals surface area contributed by atoms with E-state index in [1.54, 1.807) is 0 Å². The van der Waals surface area contributed by atoms with Gasteiger partial charge in [-0.1, -0.05) is 12.1 Å². The molecular formula is C14H23N3. The fourth-order valence-electron chi connectivity index (χ4n) is 2.53. The summed E-state index contributed by atoms with van der Waals surface area (Å²) in [7, 11) is 4.12. The van der Waals surface area contributed by atoms with Crippen molar-refractivity contribution < 1.29 is 0 Å². The number of hydrogen-bond acceptors (Lipinski definition) is 3. The van der Waals surface area contributed by atoms with Crippen LogP contribution < -0.4 is 11.1 Å². The highest BCUT2D eigenvalue weighted by molar-refractivity contribution is 5.44. The lowest BCUT2D eigenvalue weighted by Crippen LogP contribution is -2.35. The second kappa shape index (κ2) is 5.52. The number of benzene rings is 1. The first-order valence-electron chi connectivity index (χ1n) is 6.42. The van der Waals surface area contributed by atoms with Gasteiger partial charge in [0.25, 0.3) is 0 Å². The van der Waals surface area contributed by atoms with Gasteiger partial charge >= 0.3 is 0 Å². The predicted octanol–water partition coefficient (Wildman–Crippen LogP) is 2.07. The number of hydrogen-bond donors (Lipinski definition) is 2. The normalized spacial score (nSPS) is 20.2. The molecule has 3 nitrogen and oxygen atoms in total. The van der Waals surface area contributed by atoms with Crippen LogP contribution in [0.5, 0.6) is 0 Å². The van der Waals surface area contributed by atoms with Crippen LogP contribution in [0.25, 0.3) is 0 Å². The Morgan fingerprint density at radius 3 is 2.35 bits per heavy atom. The zero-order valence-electron chi connectivity index (χ0n) is 10.8. The Kier molecular flexibility index (Phi) is 4.02. The summed E-state index contributed by atoms with van der Waals surface area (Å²) in [5.74, 6) is 0.631. The molecule has 1 fully saturated rings. The van der Waals surface area contributed by atoms with Gasteiger partial charge in [-0.15, -0.1) is 0 Å². The lowest BCUT2D eigenvalue weighted by molar-refractivity contribution is 0.199. The van der Waals surface area contributed by atoms with E-state index in [2.05, 4.69) is 41.5 Å². The molecule has 1 heterocycles. The number of nitrogens with one attached hydrogen (secondary N) is 1. The van der Waals surface area contributed by atoms with Crippen LogP contribution in [0.4, 0.5) is 5.69 Å². The molecule has 0 amide bonds. The van der Waals surface area contributed by atoms with Gasteiger partial charge < -0.3 is 16.0 Å². The van der Waals surface area contributed by atoms with Gasteiger partial charge in [-0.25, -0.2) is 0 Å². The van der Waals surface area contributed by atoms with Crippen molar-refractivity contribution in [1.82, 2.24) is 4.90 Å². The molecule has 1 aliphatic rings. The molecule has 3 heteroatoms. The van der Waals surface area contributed by atoms with Crippen molar-refractivity contribution in [3.8, 4) is 0 Å². The van der Waals surface area contributed by atoms with Gasteiger partial charge in [0, 0.05) is 18.8 Å². The zero-order chi connectivity index (χ0) is 12.3. The molecule has 3 N–H and O–H groups in total. The Morgan fingerprint density at radius 1 is 1.24 bits per heavy atom. The lowest BCUT2D eigenvalue weighted by Gasteiger charge is -2.32. The fourth-order valence-corrected chi connectivity index (χ4v) is 2.53. The van der Waals surface area contributed by atoms with Crippen molar-refractivity contribution in [3.63, 3.8) is 0 Å². The molecule has 1 aromatic carbocycles. The van der Waals surface area contributed by atoms with E-state index in [0.29, 0.717) is 5.92 Å². The molecule has 0 saturated carbocycles. The molecule has 0 bridgehead atoms. The molecule has 0 radical (unpaired) electrons. The molecule has 1 aromatic rings. The van der Waals surface area contributed by atoms with Crippen LogP contribution in [0.3, 0.4) is 0 Å². The summed E-state index contributed by atoms with van der Waals surface area (Å²) in [4.78, 5) is 2.38. The molecule has 94 valence electrons. The molecule has 1 saturated heterocycles. The first-order chi connectivity index (χ1) is 8.20. The Bertz CT molecular complexity index is 339. The van der Waals surface area contributed by atoms with Crippen molar-refractivity contribution in [1.29, 1.82) is 0 Å². The van der Waals surface area contributed by atoms with Crippen molar-refractivity contribution in [2.24, 2.45) is 11.7 Å². The number of rotatable bonds is 3. The van der Waals surface area contributed by atoms with Crippen LogP contribution in [0.2, 0.25) is 0 Å². The summed E-state index contributed by atoms with van der Waals surface area (Å²) < 4.78 is 0. The van der Waals surface area contributed by atoms with Crippen LogP contribution in [-0.4, -0.2) is 32.1 Å². The number of nitrogens with zero attached hydrogens (tertiary/aromatic N) is 1. The van der Waals surface area contributed by atoms with E-state index in [9.17, 15) is 0 Å². The molecule has 1 atom stereocenters. The topological polar surface area (TPSA) is 41.3 Å². The maximum atomic E-state index is 6.37. The first kappa shape index (κ1) is 12.4. The van der Waals surface area contributed by atoms with E-state index in [0.717, 1.165) is 5.69 Å². The van der Waals surface area contributed by atoms with Crippen LogP contribution >= 0.6 is 0 Å². The summed E-state index contributed by atoms with van der Waals surface area (Å²) in [6.45, 7) is 2.35. The van der Waals surface area contributed by atoms with Crippen LogP contribution in [-0.2, 0) is 0 Å². The van der Waals surface area contributed by atoms with Crippen molar-refractivity contribution >= 4 is 5.69 Å². The number of likely N-dealkylation sites (tertiary alicyclic amines) is 1. The van der Waals surface area contributed by atoms with E-state index in [-0.39, 0.29) is 6.04 Å². The summed E-state index contributed by atoms with van der Waals surface area (Å²) in [6, 6.07) is 8.69. The van der Waals surface area contributed by atoms with Gasteiger partial charge in [0.2, 0.25) is 0 Å². The largest absolute Gasteiger partial charge is 0.388 e. The highest BCUT2D eigenvalue weighted by atomic mass is 15.1. The van der Waals surface area contributed by atoms with Gasteiger partial charge in [0.1, 0.15) is 0 Å². The SMILES string of the molecule is CNc1ccc(C(N)C2CCN(C)CC2)cc1. The van der Waals surface area contributed by atoms with Crippen molar-refractivity contribution in [3.05, 3.63) is 29.8 Å². The minimum Gasteiger partial charge on any atom is -0.388 e. The minimum atomic E-state index is 0.189. The van der Waals surface area contributed by atoms with Crippen LogP contribution in [0.15, 0.2) is 24.3 Å². The molecule has 17 heavy (non-hydrogen) atoms. The highest BCUT2D eigenvalue weighted by Gasteiger charge is 2.23. The summed E-state index contributed by atoms with van der Waals surface area (Å²) in [5, 5.41) is 3.13. The Hall–Kier alpha value is -1.06. The van der Waals surface area contributed by atoms with E-state index in [1.807, 2.05) is 7.05 Å². The average molecular weight is 233 g/mol. The molecular weight excluding hydrogens is 210 g/mol. The molecule has 0 spiro atoms. The van der Waals surface area contributed by atoms with E-state index in [4.69, 9.17) is 5.73 Å². The van der Waals surface area contributed by atoms with Gasteiger partial charge in [-0.3, -0.25) is 0 Å². The first-order valence-corrected chi connectivity index (χ1v) is 6.42. The van der Waals surface area contributed by atoms with Gasteiger partial charge in [0.05, 0.1) is 0 Å². The van der Waals surface area contributed by atoms with E-state index in [1.165, 1.54) is 31.5 Å². The fraction of sp³-hybridized carbons (Fsp3) is 0.571. The maximum absolute atomic E-state index is 6.37. The summed E-state index contributed by atoms with van der Waals surface area (Å²) in [5.41, 5.74) is 8.77. The van der Waals surface area contributed by atoms with E-state index >= 15 is 0 Å². The van der Waals surface area contributed by atoms with Crippen LogP contribution in [0, 0.1) is 5.92 Å². The maximum Gasteiger partial charge on any atom is 0.0337 e. The Morgan fingerprint density at radius 2 is 1.82 bits per heavy atom. The summed E-state index contributed by atoms with van der Waals surface area (Å²) in [6.07, 6.45) is 2.43. The van der Waals surface area contributed by atoms with Gasteiger partial charge in [-0.2, -0.15) is 0 Å². The molecule has 1 aliphatic heterocycles. The van der Waals surface area contributed by atoms with Crippen LogP contribution in [0.1, 0.15) is 24.4 Å². The Labute approximate surface area is 104 Å². The molecule has 0 aromatic heterocycles. The Balaban J connectivity index is 2.00. The third-order valence-corrected chi connectivity index (χ3v) is 3.86. The zero-order valence-corrected chi connectivity index (χ0v) is 10.8. The molecule has 2 rings (SSSR count). The highest BCUT2D eigenvalue weighted by Crippen LogP contribution is 2.28. The quantitative estimate of drug-likeness (QED) is 0.840. The predicted molar refractivity (Wildman–Crippen MR) is 73.1 cm³/mol. The lowest BCUT2D eigenvalue weighted by atomic mass is 9.86. The third-order valence-electron chi connectivity index (χ3n) is 3.86. The average Bonchev–Trinajstić information content (AvgIpc) is 2.39. The van der Waals surface area contributed by atoms with Crippen molar-refractivity contribution in [2.75, 3.05) is 32.5 Å². The second-order valence-corrected chi connectivity index (χ2v) is 5.04. The smallest absolute Gasteiger partial charge is 0.0337 e. The van der Waals surface area contributed by atoms with Gasteiger partial charge in [0.15, 0.2) is 0 Å².